The third-order valence-electron chi connectivity index (χ3n) is 2.40. The molecule has 0 spiro atoms. The molecule has 0 aromatic carbocycles. The minimum atomic E-state index is 0.191. The number of rotatable bonds is 6. The van der Waals surface area contributed by atoms with Crippen LogP contribution in [0.5, 0.6) is 0 Å². The lowest BCUT2D eigenvalue weighted by atomic mass is 10.2. The van der Waals surface area contributed by atoms with Crippen LogP contribution in [0, 0.1) is 0 Å². The van der Waals surface area contributed by atoms with Gasteiger partial charge in [-0.25, -0.2) is 4.98 Å². The first kappa shape index (κ1) is 12.6. The lowest BCUT2D eigenvalue weighted by molar-refractivity contribution is 0.238. The molecule has 86 valence electrons. The smallest absolute Gasteiger partial charge is 0.107 e. The maximum absolute atomic E-state index is 9.02. The second-order valence-corrected chi connectivity index (χ2v) is 5.13. The van der Waals surface area contributed by atoms with Crippen molar-refractivity contribution in [2.24, 2.45) is 0 Å². The fourth-order valence-corrected chi connectivity index (χ4v) is 2.12. The van der Waals surface area contributed by atoms with Crippen molar-refractivity contribution < 1.29 is 5.11 Å². The predicted octanol–water partition coefficient (Wildman–Crippen LogP) is 2.13. The summed E-state index contributed by atoms with van der Waals surface area (Å²) in [4.78, 5) is 5.68. The van der Waals surface area contributed by atoms with Gasteiger partial charge >= 0.3 is 0 Å². The number of aromatic nitrogens is 1. The molecule has 1 heterocycles. The molecule has 0 bridgehead atoms. The van der Waals surface area contributed by atoms with E-state index in [0.717, 1.165) is 18.0 Å². The molecule has 3 nitrogen and oxygen atoms in total. The molecule has 0 aliphatic rings. The van der Waals surface area contributed by atoms with Gasteiger partial charge in [-0.1, -0.05) is 20.8 Å². The molecule has 0 aliphatic heterocycles. The number of hydrogen-bond donors (Lipinski definition) is 2. The highest BCUT2D eigenvalue weighted by atomic mass is 32.1. The van der Waals surface area contributed by atoms with Crippen molar-refractivity contribution in [1.29, 1.82) is 0 Å². The molecule has 1 aromatic rings. The average Bonchev–Trinajstić information content (AvgIpc) is 2.68. The molecule has 1 rings (SSSR count). The number of hydrogen-bond acceptors (Lipinski definition) is 4. The fraction of sp³-hybridized carbons (Fsp3) is 0.727. The lowest BCUT2D eigenvalue weighted by Gasteiger charge is -2.12. The van der Waals surface area contributed by atoms with E-state index in [9.17, 15) is 0 Å². The van der Waals surface area contributed by atoms with Gasteiger partial charge in [0.1, 0.15) is 5.01 Å². The maximum Gasteiger partial charge on any atom is 0.107 e. The van der Waals surface area contributed by atoms with Gasteiger partial charge in [-0.3, -0.25) is 0 Å². The van der Waals surface area contributed by atoms with Gasteiger partial charge in [0.15, 0.2) is 0 Å². The van der Waals surface area contributed by atoms with E-state index in [1.807, 2.05) is 6.20 Å². The summed E-state index contributed by atoms with van der Waals surface area (Å²) in [5.41, 5.74) is 0. The zero-order valence-electron chi connectivity index (χ0n) is 9.66. The van der Waals surface area contributed by atoms with Crippen molar-refractivity contribution in [2.45, 2.75) is 45.7 Å². The molecule has 2 N–H and O–H groups in total. The van der Waals surface area contributed by atoms with Gasteiger partial charge in [0.05, 0.1) is 6.61 Å². The van der Waals surface area contributed by atoms with Crippen molar-refractivity contribution in [1.82, 2.24) is 10.3 Å². The van der Waals surface area contributed by atoms with Crippen molar-refractivity contribution in [3.63, 3.8) is 0 Å². The lowest BCUT2D eigenvalue weighted by Crippen LogP contribution is -2.31. The van der Waals surface area contributed by atoms with Gasteiger partial charge in [0, 0.05) is 23.7 Å². The summed E-state index contributed by atoms with van der Waals surface area (Å²) in [5.74, 6) is 0.552. The molecule has 0 aliphatic carbocycles. The molecule has 1 unspecified atom stereocenters. The summed E-state index contributed by atoms with van der Waals surface area (Å²) in [7, 11) is 0. The van der Waals surface area contributed by atoms with E-state index >= 15 is 0 Å². The summed E-state index contributed by atoms with van der Waals surface area (Å²) in [6, 6.07) is 0.191. The highest BCUT2D eigenvalue weighted by Crippen LogP contribution is 2.21. The van der Waals surface area contributed by atoms with Crippen LogP contribution < -0.4 is 5.32 Å². The van der Waals surface area contributed by atoms with E-state index in [-0.39, 0.29) is 12.6 Å². The summed E-state index contributed by atoms with van der Waals surface area (Å²) >= 11 is 1.75. The second-order valence-electron chi connectivity index (χ2n) is 3.98. The van der Waals surface area contributed by atoms with Gasteiger partial charge in [-0.2, -0.15) is 0 Å². The van der Waals surface area contributed by atoms with Crippen LogP contribution in [0.15, 0.2) is 6.20 Å². The normalized spacial score (nSPS) is 13.4. The zero-order valence-corrected chi connectivity index (χ0v) is 10.5. The van der Waals surface area contributed by atoms with E-state index in [4.69, 9.17) is 5.11 Å². The fourth-order valence-electron chi connectivity index (χ4n) is 1.24. The number of thiazole rings is 1. The standard InChI is InChI=1S/C11H20N2OS/c1-4-9(7-14)12-6-11-13-5-10(15-11)8(2)3/h5,8-9,12,14H,4,6-7H2,1-3H3. The highest BCUT2D eigenvalue weighted by molar-refractivity contribution is 7.11. The average molecular weight is 228 g/mol. The summed E-state index contributed by atoms with van der Waals surface area (Å²) in [6.07, 6.45) is 2.89. The van der Waals surface area contributed by atoms with Gasteiger partial charge in [0.25, 0.3) is 0 Å². The third-order valence-corrected chi connectivity index (χ3v) is 3.69. The first-order chi connectivity index (χ1) is 7.17. The van der Waals surface area contributed by atoms with E-state index in [0.29, 0.717) is 5.92 Å². The van der Waals surface area contributed by atoms with Crippen LogP contribution in [-0.2, 0) is 6.54 Å². The Kier molecular flexibility index (Phi) is 5.22. The molecule has 1 atom stereocenters. The van der Waals surface area contributed by atoms with Crippen LogP contribution >= 0.6 is 11.3 Å². The monoisotopic (exact) mass is 228 g/mol. The SMILES string of the molecule is CCC(CO)NCc1ncc(C(C)C)s1. The van der Waals surface area contributed by atoms with Gasteiger partial charge in [-0.15, -0.1) is 11.3 Å². The van der Waals surface area contributed by atoms with Gasteiger partial charge in [-0.05, 0) is 12.3 Å². The van der Waals surface area contributed by atoms with Crippen molar-refractivity contribution in [3.8, 4) is 0 Å². The molecular weight excluding hydrogens is 208 g/mol. The zero-order chi connectivity index (χ0) is 11.3. The Morgan fingerprint density at radius 2 is 2.27 bits per heavy atom. The van der Waals surface area contributed by atoms with Gasteiger partial charge < -0.3 is 10.4 Å². The van der Waals surface area contributed by atoms with Crippen LogP contribution in [0.1, 0.15) is 43.0 Å². The Morgan fingerprint density at radius 1 is 1.53 bits per heavy atom. The Morgan fingerprint density at radius 3 is 2.73 bits per heavy atom. The number of aliphatic hydroxyl groups excluding tert-OH is 1. The summed E-state index contributed by atoms with van der Waals surface area (Å²) in [6.45, 7) is 7.37. The summed E-state index contributed by atoms with van der Waals surface area (Å²) < 4.78 is 0. The first-order valence-electron chi connectivity index (χ1n) is 5.46. The quantitative estimate of drug-likeness (QED) is 0.784. The Hall–Kier alpha value is -0.450. The van der Waals surface area contributed by atoms with E-state index in [1.165, 1.54) is 4.88 Å². The third kappa shape index (κ3) is 3.89. The predicted molar refractivity (Wildman–Crippen MR) is 64.2 cm³/mol. The maximum atomic E-state index is 9.02. The highest BCUT2D eigenvalue weighted by Gasteiger charge is 2.07. The minimum Gasteiger partial charge on any atom is -0.395 e. The number of aliphatic hydroxyl groups is 1. The molecule has 4 heteroatoms. The number of nitrogens with zero attached hydrogens (tertiary/aromatic N) is 1. The van der Waals surface area contributed by atoms with Crippen LogP contribution in [-0.4, -0.2) is 22.7 Å². The molecule has 0 saturated heterocycles. The molecule has 0 amide bonds. The molecule has 0 radical (unpaired) electrons. The van der Waals surface area contributed by atoms with E-state index < -0.39 is 0 Å². The Balaban J connectivity index is 2.43. The Bertz CT molecular complexity index is 282. The first-order valence-corrected chi connectivity index (χ1v) is 6.27. The van der Waals surface area contributed by atoms with Crippen LogP contribution in [0.25, 0.3) is 0 Å². The van der Waals surface area contributed by atoms with Crippen molar-refractivity contribution in [2.75, 3.05) is 6.61 Å². The second kappa shape index (κ2) is 6.20. The molecule has 0 saturated carbocycles. The molecular formula is C11H20N2OS. The van der Waals surface area contributed by atoms with Crippen molar-refractivity contribution in [3.05, 3.63) is 16.1 Å². The van der Waals surface area contributed by atoms with Crippen LogP contribution in [0.4, 0.5) is 0 Å². The van der Waals surface area contributed by atoms with Gasteiger partial charge in [0.2, 0.25) is 0 Å². The molecule has 0 fully saturated rings. The molecule has 1 aromatic heterocycles. The van der Waals surface area contributed by atoms with E-state index in [2.05, 4.69) is 31.1 Å². The largest absolute Gasteiger partial charge is 0.395 e. The van der Waals surface area contributed by atoms with E-state index in [1.54, 1.807) is 11.3 Å². The Labute approximate surface area is 95.6 Å². The minimum absolute atomic E-state index is 0.191. The van der Waals surface area contributed by atoms with Crippen LogP contribution in [0.3, 0.4) is 0 Å². The molecule has 15 heavy (non-hydrogen) atoms. The topological polar surface area (TPSA) is 45.1 Å². The number of nitrogens with one attached hydrogen (secondary N) is 1. The van der Waals surface area contributed by atoms with Crippen molar-refractivity contribution >= 4 is 11.3 Å². The van der Waals surface area contributed by atoms with Crippen LogP contribution in [0.2, 0.25) is 0 Å². The summed E-state index contributed by atoms with van der Waals surface area (Å²) in [5, 5.41) is 13.4.